The van der Waals surface area contributed by atoms with Gasteiger partial charge in [-0.3, -0.25) is 0 Å². The maximum absolute atomic E-state index is 14.0. The van der Waals surface area contributed by atoms with Crippen LogP contribution in [0.15, 0.2) is 47.0 Å². The van der Waals surface area contributed by atoms with Crippen LogP contribution in [0.3, 0.4) is 0 Å². The van der Waals surface area contributed by atoms with E-state index in [1.54, 1.807) is 49.0 Å². The van der Waals surface area contributed by atoms with Crippen molar-refractivity contribution in [2.75, 3.05) is 0 Å². The van der Waals surface area contributed by atoms with Gasteiger partial charge in [-0.25, -0.2) is 13.8 Å². The highest BCUT2D eigenvalue weighted by atomic mass is 19.1. The molecule has 4 rings (SSSR count). The molecule has 0 saturated carbocycles. The van der Waals surface area contributed by atoms with Crippen LogP contribution in [0.25, 0.3) is 38.0 Å². The molecule has 25 heavy (non-hydrogen) atoms. The second kappa shape index (κ2) is 5.42. The minimum atomic E-state index is -2.35. The first kappa shape index (κ1) is 12.2. The number of rotatable bonds is 1. The molecule has 122 valence electrons. The van der Waals surface area contributed by atoms with E-state index < -0.39 is 12.7 Å². The predicted molar refractivity (Wildman–Crippen MR) is 96.0 cm³/mol. The number of aryl methyl sites for hydroxylation is 3. The van der Waals surface area contributed by atoms with E-state index in [9.17, 15) is 4.39 Å². The fourth-order valence-corrected chi connectivity index (χ4v) is 3.25. The molecule has 0 aliphatic carbocycles. The van der Waals surface area contributed by atoms with Crippen molar-refractivity contribution in [3.63, 3.8) is 0 Å². The molecule has 3 nitrogen and oxygen atoms in total. The molecule has 0 spiro atoms. The van der Waals surface area contributed by atoms with E-state index in [2.05, 4.69) is 4.85 Å². The van der Waals surface area contributed by atoms with Crippen LogP contribution in [0.4, 0.5) is 10.1 Å². The molecular weight excluding hydrogens is 315 g/mol. The molecule has 0 saturated heterocycles. The first-order chi connectivity index (χ1) is 13.2. The summed E-state index contributed by atoms with van der Waals surface area (Å²) in [6.07, 6.45) is 1.60. The third kappa shape index (κ3) is 2.28. The average Bonchev–Trinajstić information content (AvgIpc) is 3.00. The fourth-order valence-electron chi connectivity index (χ4n) is 3.25. The summed E-state index contributed by atoms with van der Waals surface area (Å²) in [4.78, 5) is 3.41. The molecule has 0 aliphatic heterocycles. The van der Waals surface area contributed by atoms with E-state index in [4.69, 9.17) is 15.1 Å². The average molecular weight is 334 g/mol. The number of nitrogens with zero attached hydrogens (tertiary/aromatic N) is 2. The first-order valence-corrected chi connectivity index (χ1v) is 7.74. The summed E-state index contributed by atoms with van der Waals surface area (Å²) in [6, 6.07) is 9.30. The number of fused-ring (bicyclic) bond motifs is 3. The van der Waals surface area contributed by atoms with Gasteiger partial charge < -0.3 is 4.42 Å². The van der Waals surface area contributed by atoms with Crippen molar-refractivity contribution in [3.8, 4) is 11.3 Å². The number of hydrogen-bond donors (Lipinski definition) is 0. The summed E-state index contributed by atoms with van der Waals surface area (Å²) in [5.41, 5.74) is 3.26. The van der Waals surface area contributed by atoms with Crippen LogP contribution in [0.1, 0.15) is 15.2 Å². The standard InChI is InChI=1S/C21H16FN2O/c1-12-9-13(2)20(17-10-14(22)7-8-24(17)4)21-19(12)16-6-5-15(23-3)11-18(16)25-21/h5-11H,1-2,4H3/q+1/i1D3. The zero-order valence-electron chi connectivity index (χ0n) is 16.7. The van der Waals surface area contributed by atoms with Gasteiger partial charge in [0.15, 0.2) is 11.9 Å². The SMILES string of the molecule is [2H]C([2H])([2H])c1cc(C)c(-c2cc(F)cc[n+]2C)c2oc3cc([N+]#[C-])ccc3c12. The minimum Gasteiger partial charge on any atom is -0.456 e. The second-order valence-corrected chi connectivity index (χ2v) is 6.06. The molecule has 0 radical (unpaired) electrons. The van der Waals surface area contributed by atoms with Gasteiger partial charge in [-0.15, -0.1) is 0 Å². The Morgan fingerprint density at radius 1 is 1.20 bits per heavy atom. The monoisotopic (exact) mass is 334 g/mol. The van der Waals surface area contributed by atoms with Gasteiger partial charge in [0.2, 0.25) is 5.69 Å². The molecule has 0 aliphatic rings. The Balaban J connectivity index is 2.23. The molecule has 0 unspecified atom stereocenters. The number of furan rings is 1. The Morgan fingerprint density at radius 3 is 2.80 bits per heavy atom. The lowest BCUT2D eigenvalue weighted by molar-refractivity contribution is -0.660. The first-order valence-electron chi connectivity index (χ1n) is 9.24. The molecule has 0 atom stereocenters. The van der Waals surface area contributed by atoms with Crippen LogP contribution in [0, 0.1) is 26.2 Å². The predicted octanol–water partition coefficient (Wildman–Crippen LogP) is 5.38. The van der Waals surface area contributed by atoms with Crippen molar-refractivity contribution in [1.82, 2.24) is 0 Å². The van der Waals surface area contributed by atoms with Crippen LogP contribution in [0.2, 0.25) is 0 Å². The third-order valence-corrected chi connectivity index (χ3v) is 4.42. The van der Waals surface area contributed by atoms with E-state index in [0.717, 1.165) is 0 Å². The number of aromatic nitrogens is 1. The quantitative estimate of drug-likeness (QED) is 0.338. The number of hydrogen-bond acceptors (Lipinski definition) is 1. The second-order valence-electron chi connectivity index (χ2n) is 6.06. The Bertz CT molecular complexity index is 1300. The number of benzene rings is 2. The number of halogens is 1. The summed E-state index contributed by atoms with van der Waals surface area (Å²) in [7, 11) is 1.79. The van der Waals surface area contributed by atoms with Gasteiger partial charge in [0.1, 0.15) is 24.0 Å². The van der Waals surface area contributed by atoms with Crippen LogP contribution in [-0.4, -0.2) is 0 Å². The van der Waals surface area contributed by atoms with Gasteiger partial charge in [-0.05, 0) is 31.0 Å². The topological polar surface area (TPSA) is 21.4 Å². The van der Waals surface area contributed by atoms with Crippen molar-refractivity contribution in [3.05, 3.63) is 71.0 Å². The Morgan fingerprint density at radius 2 is 2.04 bits per heavy atom. The van der Waals surface area contributed by atoms with E-state index in [1.807, 2.05) is 0 Å². The summed E-state index contributed by atoms with van der Waals surface area (Å²) >= 11 is 0. The van der Waals surface area contributed by atoms with E-state index in [0.29, 0.717) is 44.4 Å². The highest BCUT2D eigenvalue weighted by molar-refractivity contribution is 6.12. The molecule has 0 fully saturated rings. The van der Waals surface area contributed by atoms with Gasteiger partial charge in [-0.2, -0.15) is 0 Å². The maximum Gasteiger partial charge on any atom is 0.219 e. The van der Waals surface area contributed by atoms with Crippen molar-refractivity contribution in [2.24, 2.45) is 7.05 Å². The fraction of sp³-hybridized carbons (Fsp3) is 0.143. The lowest BCUT2D eigenvalue weighted by Gasteiger charge is -2.07. The Hall–Kier alpha value is -3.19. The molecular formula is C21H16FN2O+. The molecule has 2 aromatic heterocycles. The largest absolute Gasteiger partial charge is 0.456 e. The lowest BCUT2D eigenvalue weighted by Crippen LogP contribution is -2.30. The molecule has 0 bridgehead atoms. The van der Waals surface area contributed by atoms with Crippen molar-refractivity contribution in [1.29, 1.82) is 0 Å². The lowest BCUT2D eigenvalue weighted by atomic mass is 9.97. The summed E-state index contributed by atoms with van der Waals surface area (Å²) in [5.74, 6) is -0.396. The molecule has 4 heteroatoms. The normalized spacial score (nSPS) is 13.4. The summed E-state index contributed by atoms with van der Waals surface area (Å²) in [6.45, 7) is 6.64. The molecule has 2 aromatic carbocycles. The van der Waals surface area contributed by atoms with E-state index in [1.165, 1.54) is 12.1 Å². The highest BCUT2D eigenvalue weighted by Gasteiger charge is 2.22. The van der Waals surface area contributed by atoms with Crippen LogP contribution < -0.4 is 4.57 Å². The zero-order valence-corrected chi connectivity index (χ0v) is 13.7. The van der Waals surface area contributed by atoms with Crippen LogP contribution in [0.5, 0.6) is 0 Å². The molecule has 0 N–H and O–H groups in total. The van der Waals surface area contributed by atoms with E-state index in [-0.39, 0.29) is 5.56 Å². The minimum absolute atomic E-state index is 0.178. The Kier molecular flexibility index (Phi) is 2.65. The van der Waals surface area contributed by atoms with E-state index >= 15 is 0 Å². The zero-order chi connectivity index (χ0) is 20.2. The van der Waals surface area contributed by atoms with Crippen molar-refractivity contribution in [2.45, 2.75) is 13.8 Å². The number of pyridine rings is 1. The van der Waals surface area contributed by atoms with Crippen molar-refractivity contribution < 1.29 is 17.5 Å². The molecule has 4 aromatic rings. The van der Waals surface area contributed by atoms with Crippen LogP contribution >= 0.6 is 0 Å². The maximum atomic E-state index is 14.0. The summed E-state index contributed by atoms with van der Waals surface area (Å²) < 4.78 is 45.7. The van der Waals surface area contributed by atoms with Gasteiger partial charge in [0.25, 0.3) is 0 Å². The van der Waals surface area contributed by atoms with Crippen LogP contribution in [-0.2, 0) is 7.05 Å². The third-order valence-electron chi connectivity index (χ3n) is 4.42. The smallest absolute Gasteiger partial charge is 0.219 e. The van der Waals surface area contributed by atoms with Gasteiger partial charge in [-0.1, -0.05) is 18.2 Å². The van der Waals surface area contributed by atoms with Gasteiger partial charge in [0.05, 0.1) is 12.1 Å². The van der Waals surface area contributed by atoms with Crippen molar-refractivity contribution >= 4 is 27.6 Å². The molecule has 0 amide bonds. The van der Waals surface area contributed by atoms with Gasteiger partial charge in [0, 0.05) is 27.0 Å². The highest BCUT2D eigenvalue weighted by Crippen LogP contribution is 2.40. The van der Waals surface area contributed by atoms with Gasteiger partial charge >= 0.3 is 0 Å². The molecule has 2 heterocycles. The Labute approximate surface area is 149 Å². The summed E-state index contributed by atoms with van der Waals surface area (Å²) in [5, 5.41) is 1.09.